The minimum absolute atomic E-state index is 0.0737. The number of hydrogen-bond acceptors (Lipinski definition) is 6. The van der Waals surface area contributed by atoms with Gasteiger partial charge in [0.2, 0.25) is 5.91 Å². The van der Waals surface area contributed by atoms with E-state index in [1.807, 2.05) is 74.5 Å². The first kappa shape index (κ1) is 21.2. The maximum atomic E-state index is 13.5. The molecular formula is C24H23NO5S. The molecule has 2 aliphatic rings. The molecule has 1 amide bonds. The van der Waals surface area contributed by atoms with Crippen molar-refractivity contribution in [1.82, 2.24) is 4.90 Å². The van der Waals surface area contributed by atoms with Crippen molar-refractivity contribution >= 4 is 29.6 Å². The average molecular weight is 438 g/mol. The highest BCUT2D eigenvalue weighted by atomic mass is 32.2. The maximum Gasteiger partial charge on any atom is 0.336 e. The number of fused-ring (bicyclic) bond motifs is 1. The van der Waals surface area contributed by atoms with Gasteiger partial charge in [0.1, 0.15) is 6.04 Å². The smallest absolute Gasteiger partial charge is 0.336 e. The lowest BCUT2D eigenvalue weighted by atomic mass is 9.99. The van der Waals surface area contributed by atoms with Crippen LogP contribution >= 0.6 is 11.8 Å². The summed E-state index contributed by atoms with van der Waals surface area (Å²) in [7, 11) is 1.28. The summed E-state index contributed by atoms with van der Waals surface area (Å²) >= 11 is 1.33. The van der Waals surface area contributed by atoms with Crippen LogP contribution in [0.15, 0.2) is 71.3 Å². The van der Waals surface area contributed by atoms with Gasteiger partial charge in [-0.25, -0.2) is 9.59 Å². The van der Waals surface area contributed by atoms with Crippen LogP contribution in [0.25, 0.3) is 0 Å². The number of ether oxygens (including phenoxy) is 2. The summed E-state index contributed by atoms with van der Waals surface area (Å²) in [5, 5.41) is 0.486. The summed E-state index contributed by atoms with van der Waals surface area (Å²) in [6.45, 7) is 3.74. The van der Waals surface area contributed by atoms with Crippen molar-refractivity contribution in [3.05, 3.63) is 82.4 Å². The van der Waals surface area contributed by atoms with Crippen LogP contribution < -0.4 is 0 Å². The largest absolute Gasteiger partial charge is 0.466 e. The van der Waals surface area contributed by atoms with Crippen molar-refractivity contribution in [2.24, 2.45) is 0 Å². The molecular weight excluding hydrogens is 414 g/mol. The number of rotatable bonds is 5. The SMILES string of the molecule is COC(=O)C1=C2SC(C)(C)[C@H](C(=O)OC(c3ccccc3)c3ccccc3)N2C(=O)C1. The van der Waals surface area contributed by atoms with Crippen LogP contribution in [-0.2, 0) is 23.9 Å². The zero-order valence-corrected chi connectivity index (χ0v) is 18.3. The second kappa shape index (κ2) is 8.23. The van der Waals surface area contributed by atoms with Crippen LogP contribution in [0, 0.1) is 0 Å². The topological polar surface area (TPSA) is 72.9 Å². The molecule has 2 aromatic carbocycles. The highest BCUT2D eigenvalue weighted by molar-refractivity contribution is 8.04. The molecule has 0 saturated carbocycles. The van der Waals surface area contributed by atoms with Crippen LogP contribution in [0.4, 0.5) is 0 Å². The Labute approximate surface area is 185 Å². The fourth-order valence-electron chi connectivity index (χ4n) is 4.00. The zero-order valence-electron chi connectivity index (χ0n) is 17.5. The first-order chi connectivity index (χ1) is 14.8. The lowest BCUT2D eigenvalue weighted by Gasteiger charge is -2.30. The number of benzene rings is 2. The summed E-state index contributed by atoms with van der Waals surface area (Å²) < 4.78 is 10.2. The molecule has 1 atom stereocenters. The van der Waals surface area contributed by atoms with Gasteiger partial charge in [-0.3, -0.25) is 9.69 Å². The molecule has 4 rings (SSSR count). The van der Waals surface area contributed by atoms with Gasteiger partial charge in [0.15, 0.2) is 6.10 Å². The Morgan fingerprint density at radius 2 is 1.58 bits per heavy atom. The van der Waals surface area contributed by atoms with Crippen molar-refractivity contribution in [3.8, 4) is 0 Å². The lowest BCUT2D eigenvalue weighted by molar-refractivity contribution is -0.156. The Morgan fingerprint density at radius 1 is 1.03 bits per heavy atom. The van der Waals surface area contributed by atoms with Gasteiger partial charge in [-0.2, -0.15) is 0 Å². The Kier molecular flexibility index (Phi) is 5.62. The molecule has 2 heterocycles. The number of thioether (sulfide) groups is 1. The van der Waals surface area contributed by atoms with Gasteiger partial charge >= 0.3 is 11.9 Å². The normalized spacial score (nSPS) is 19.5. The molecule has 0 unspecified atom stereocenters. The summed E-state index contributed by atoms with van der Waals surface area (Å²) in [5.74, 6) is -1.36. The minimum atomic E-state index is -0.850. The zero-order chi connectivity index (χ0) is 22.2. The summed E-state index contributed by atoms with van der Waals surface area (Å²) in [6.07, 6.45) is -0.683. The van der Waals surface area contributed by atoms with Gasteiger partial charge in [0, 0.05) is 4.75 Å². The Morgan fingerprint density at radius 3 is 2.10 bits per heavy atom. The summed E-state index contributed by atoms with van der Waals surface area (Å²) in [5.41, 5.74) is 1.97. The van der Waals surface area contributed by atoms with E-state index in [2.05, 4.69) is 0 Å². The van der Waals surface area contributed by atoms with Crippen LogP contribution in [0.5, 0.6) is 0 Å². The van der Waals surface area contributed by atoms with Gasteiger partial charge < -0.3 is 9.47 Å². The summed E-state index contributed by atoms with van der Waals surface area (Å²) in [6, 6.07) is 18.1. The van der Waals surface area contributed by atoms with Crippen LogP contribution in [0.2, 0.25) is 0 Å². The van der Waals surface area contributed by atoms with E-state index >= 15 is 0 Å². The summed E-state index contributed by atoms with van der Waals surface area (Å²) in [4.78, 5) is 39.8. The van der Waals surface area contributed by atoms with E-state index in [4.69, 9.17) is 9.47 Å². The Balaban J connectivity index is 1.69. The van der Waals surface area contributed by atoms with Crippen molar-refractivity contribution in [1.29, 1.82) is 0 Å². The third kappa shape index (κ3) is 3.85. The van der Waals surface area contributed by atoms with E-state index in [0.29, 0.717) is 10.6 Å². The fourth-order valence-corrected chi connectivity index (χ4v) is 5.39. The van der Waals surface area contributed by atoms with E-state index in [1.165, 1.54) is 23.8 Å². The Bertz CT molecular complexity index is 1010. The van der Waals surface area contributed by atoms with Crippen molar-refractivity contribution in [2.75, 3.05) is 7.11 Å². The average Bonchev–Trinajstić information content (AvgIpc) is 3.23. The molecule has 2 aromatic rings. The predicted molar refractivity (Wildman–Crippen MR) is 117 cm³/mol. The highest BCUT2D eigenvalue weighted by Gasteiger charge is 2.56. The van der Waals surface area contributed by atoms with Crippen LogP contribution in [-0.4, -0.2) is 40.6 Å². The van der Waals surface area contributed by atoms with Gasteiger partial charge in [-0.05, 0) is 25.0 Å². The number of carbonyl (C=O) groups excluding carboxylic acids is 3. The molecule has 0 aromatic heterocycles. The quantitative estimate of drug-likeness (QED) is 0.662. The molecule has 0 radical (unpaired) electrons. The second-order valence-electron chi connectivity index (χ2n) is 7.96. The van der Waals surface area contributed by atoms with Gasteiger partial charge in [-0.15, -0.1) is 0 Å². The Hall–Kier alpha value is -3.06. The van der Waals surface area contributed by atoms with Crippen molar-refractivity contribution in [3.63, 3.8) is 0 Å². The molecule has 0 bridgehead atoms. The maximum absolute atomic E-state index is 13.5. The number of carbonyl (C=O) groups is 3. The van der Waals surface area contributed by atoms with E-state index in [1.54, 1.807) is 0 Å². The lowest BCUT2D eigenvalue weighted by Crippen LogP contribution is -2.48. The number of hydrogen-bond donors (Lipinski definition) is 0. The molecule has 160 valence electrons. The number of amides is 1. The third-order valence-corrected chi connectivity index (χ3v) is 6.83. The molecule has 1 saturated heterocycles. The van der Waals surface area contributed by atoms with Gasteiger partial charge in [-0.1, -0.05) is 72.4 Å². The first-order valence-corrected chi connectivity index (χ1v) is 10.8. The van der Waals surface area contributed by atoms with Crippen LogP contribution in [0.3, 0.4) is 0 Å². The number of nitrogens with zero attached hydrogens (tertiary/aromatic N) is 1. The van der Waals surface area contributed by atoms with E-state index in [-0.39, 0.29) is 12.3 Å². The monoisotopic (exact) mass is 437 g/mol. The van der Waals surface area contributed by atoms with Gasteiger partial charge in [0.05, 0.1) is 24.1 Å². The van der Waals surface area contributed by atoms with Crippen molar-refractivity contribution in [2.45, 2.75) is 37.2 Å². The standard InChI is InChI=1S/C24H23NO5S/c1-24(2)20(25-18(26)14-17(21(25)31-24)22(27)29-3)23(28)30-19(15-10-6-4-7-11-15)16-12-8-5-9-13-16/h4-13,19-20H,14H2,1-3H3/t20-/m0/s1. The molecule has 7 heteroatoms. The molecule has 2 aliphatic heterocycles. The van der Waals surface area contributed by atoms with E-state index in [0.717, 1.165) is 11.1 Å². The molecule has 0 aliphatic carbocycles. The molecule has 0 spiro atoms. The second-order valence-corrected chi connectivity index (χ2v) is 9.61. The van der Waals surface area contributed by atoms with Gasteiger partial charge in [0.25, 0.3) is 0 Å². The van der Waals surface area contributed by atoms with E-state index < -0.39 is 28.8 Å². The molecule has 31 heavy (non-hydrogen) atoms. The van der Waals surface area contributed by atoms with E-state index in [9.17, 15) is 14.4 Å². The third-order valence-electron chi connectivity index (χ3n) is 5.44. The number of esters is 2. The number of methoxy groups -OCH3 is 1. The predicted octanol–water partition coefficient (Wildman–Crippen LogP) is 3.83. The first-order valence-electron chi connectivity index (χ1n) is 9.96. The van der Waals surface area contributed by atoms with Crippen LogP contribution in [0.1, 0.15) is 37.5 Å². The van der Waals surface area contributed by atoms with Crippen molar-refractivity contribution < 1.29 is 23.9 Å². The molecule has 6 nitrogen and oxygen atoms in total. The molecule has 1 fully saturated rings. The highest BCUT2D eigenvalue weighted by Crippen LogP contribution is 2.52. The minimum Gasteiger partial charge on any atom is -0.466 e. The fraction of sp³-hybridized carbons (Fsp3) is 0.292. The molecule has 0 N–H and O–H groups in total.